The zero-order valence-corrected chi connectivity index (χ0v) is 14.3. The third kappa shape index (κ3) is 4.20. The van der Waals surface area contributed by atoms with E-state index in [1.807, 2.05) is 0 Å². The van der Waals surface area contributed by atoms with Gasteiger partial charge in [-0.3, -0.25) is 4.79 Å². The molecule has 2 aliphatic rings. The van der Waals surface area contributed by atoms with Gasteiger partial charge in [-0.25, -0.2) is 0 Å². The Balaban J connectivity index is 1.55. The van der Waals surface area contributed by atoms with Crippen LogP contribution >= 0.6 is 0 Å². The van der Waals surface area contributed by atoms with Gasteiger partial charge in [0, 0.05) is 32.2 Å². The smallest absolute Gasteiger partial charge is 0.308 e. The van der Waals surface area contributed by atoms with E-state index in [0.717, 1.165) is 45.3 Å². The van der Waals surface area contributed by atoms with Gasteiger partial charge in [0.1, 0.15) is 0 Å². The summed E-state index contributed by atoms with van der Waals surface area (Å²) in [4.78, 5) is 13.9. The monoisotopic (exact) mass is 326 g/mol. The molecular formula is C19H27BN2O2. The minimum Gasteiger partial charge on any atom is -0.481 e. The number of nitrogens with zero attached hydrogens (tertiary/aromatic N) is 1. The lowest BCUT2D eigenvalue weighted by Gasteiger charge is -2.29. The van der Waals surface area contributed by atoms with E-state index < -0.39 is 5.97 Å². The number of likely N-dealkylation sites (tertiary alicyclic amines) is 1. The van der Waals surface area contributed by atoms with Crippen molar-refractivity contribution in [2.75, 3.05) is 19.6 Å². The molecule has 0 unspecified atom stereocenters. The summed E-state index contributed by atoms with van der Waals surface area (Å²) in [6.07, 6.45) is 4.73. The second kappa shape index (κ2) is 8.17. The molecule has 1 aromatic carbocycles. The quantitative estimate of drug-likeness (QED) is 0.595. The van der Waals surface area contributed by atoms with E-state index in [2.05, 4.69) is 34.5 Å². The van der Waals surface area contributed by atoms with Gasteiger partial charge < -0.3 is 15.3 Å². The van der Waals surface area contributed by atoms with Crippen LogP contribution in [0.25, 0.3) is 0 Å². The highest BCUT2D eigenvalue weighted by molar-refractivity contribution is 6.08. The molecule has 24 heavy (non-hydrogen) atoms. The van der Waals surface area contributed by atoms with Crippen molar-refractivity contribution in [2.24, 2.45) is 11.8 Å². The summed E-state index contributed by atoms with van der Waals surface area (Å²) in [7, 11) is 5.56. The van der Waals surface area contributed by atoms with E-state index in [4.69, 9.17) is 7.85 Å². The summed E-state index contributed by atoms with van der Waals surface area (Å²) < 4.78 is 0. The molecule has 2 aliphatic heterocycles. The van der Waals surface area contributed by atoms with Gasteiger partial charge in [-0.15, -0.1) is 0 Å². The Morgan fingerprint density at radius 1 is 1.25 bits per heavy atom. The summed E-state index contributed by atoms with van der Waals surface area (Å²) in [5, 5.41) is 13.1. The molecule has 128 valence electrons. The molecule has 1 fully saturated rings. The predicted octanol–water partition coefficient (Wildman–Crippen LogP) is 2.09. The van der Waals surface area contributed by atoms with Crippen LogP contribution in [0.1, 0.15) is 30.4 Å². The van der Waals surface area contributed by atoms with Crippen LogP contribution in [0.2, 0.25) is 6.32 Å². The first-order chi connectivity index (χ1) is 11.7. The van der Waals surface area contributed by atoms with Gasteiger partial charge >= 0.3 is 5.97 Å². The van der Waals surface area contributed by atoms with Crippen molar-refractivity contribution in [3.8, 4) is 0 Å². The van der Waals surface area contributed by atoms with Gasteiger partial charge in [0.2, 0.25) is 0 Å². The molecule has 0 bridgehead atoms. The highest BCUT2D eigenvalue weighted by Crippen LogP contribution is 2.29. The van der Waals surface area contributed by atoms with Crippen molar-refractivity contribution in [1.29, 1.82) is 0 Å². The van der Waals surface area contributed by atoms with Crippen molar-refractivity contribution in [1.82, 2.24) is 10.2 Å². The summed E-state index contributed by atoms with van der Waals surface area (Å²) in [6, 6.07) is 9.00. The lowest BCUT2D eigenvalue weighted by Crippen LogP contribution is -2.44. The average molecular weight is 326 g/mol. The second-order valence-electron chi connectivity index (χ2n) is 7.26. The molecule has 5 heteroatoms. The van der Waals surface area contributed by atoms with Gasteiger partial charge in [0.15, 0.2) is 0 Å². The minimum absolute atomic E-state index is 0.223. The Bertz CT molecular complexity index is 566. The molecule has 3 atom stereocenters. The number of hydrogen-bond donors (Lipinski definition) is 2. The number of fused-ring (bicyclic) bond motifs is 1. The number of nitrogens with one attached hydrogen (secondary N) is 1. The Morgan fingerprint density at radius 2 is 2.04 bits per heavy atom. The molecule has 0 aromatic heterocycles. The number of carbonyl (C=O) groups is 1. The summed E-state index contributed by atoms with van der Waals surface area (Å²) in [5.74, 6) is -0.597. The molecule has 3 rings (SSSR count). The molecule has 2 N–H and O–H groups in total. The average Bonchev–Trinajstić information content (AvgIpc) is 2.98. The fourth-order valence-corrected chi connectivity index (χ4v) is 4.19. The molecule has 0 saturated carbocycles. The van der Waals surface area contributed by atoms with Crippen LogP contribution < -0.4 is 5.32 Å². The maximum Gasteiger partial charge on any atom is 0.308 e. The Hall–Kier alpha value is -1.33. The van der Waals surface area contributed by atoms with Crippen molar-refractivity contribution in [3.63, 3.8) is 0 Å². The van der Waals surface area contributed by atoms with Crippen molar-refractivity contribution >= 4 is 13.8 Å². The van der Waals surface area contributed by atoms with Crippen molar-refractivity contribution in [2.45, 2.75) is 44.6 Å². The molecule has 1 saturated heterocycles. The number of aliphatic carboxylic acids is 1. The van der Waals surface area contributed by atoms with E-state index in [9.17, 15) is 9.90 Å². The molecule has 2 heterocycles. The summed E-state index contributed by atoms with van der Waals surface area (Å²) >= 11 is 0. The number of rotatable bonds is 7. The first-order valence-electron chi connectivity index (χ1n) is 9.12. The van der Waals surface area contributed by atoms with E-state index in [1.165, 1.54) is 11.1 Å². The van der Waals surface area contributed by atoms with Crippen molar-refractivity contribution < 1.29 is 9.90 Å². The third-order valence-electron chi connectivity index (χ3n) is 5.51. The summed E-state index contributed by atoms with van der Waals surface area (Å²) in [6.45, 7) is 3.44. The standard InChI is InChI=1S/C19H27BN2O2/c20-8-4-3-7-16-11-22(13-18(16)19(23)24)12-17-9-14-5-1-2-6-15(14)10-21-17/h1-2,5-6,16-18,21H,3-4,7-13H2,(H,23,24)/t16-,17-,18+/m0/s1. The first kappa shape index (κ1) is 17.5. The topological polar surface area (TPSA) is 52.6 Å². The van der Waals surface area contributed by atoms with Crippen molar-refractivity contribution in [3.05, 3.63) is 35.4 Å². The van der Waals surface area contributed by atoms with Crippen LogP contribution in [0.5, 0.6) is 0 Å². The number of benzene rings is 1. The largest absolute Gasteiger partial charge is 0.481 e. The summed E-state index contributed by atoms with van der Waals surface area (Å²) in [5.41, 5.74) is 2.81. The molecule has 0 aliphatic carbocycles. The van der Waals surface area contributed by atoms with Gasteiger partial charge in [-0.05, 0) is 29.9 Å². The molecule has 4 nitrogen and oxygen atoms in total. The van der Waals surface area contributed by atoms with Crippen LogP contribution in [0.3, 0.4) is 0 Å². The van der Waals surface area contributed by atoms with E-state index in [1.54, 1.807) is 0 Å². The van der Waals surface area contributed by atoms with Crippen LogP contribution in [0, 0.1) is 11.8 Å². The zero-order chi connectivity index (χ0) is 16.9. The van der Waals surface area contributed by atoms with Crippen LogP contribution in [0.4, 0.5) is 0 Å². The normalized spacial score (nSPS) is 27.1. The molecule has 0 spiro atoms. The molecular weight excluding hydrogens is 299 g/mol. The van der Waals surface area contributed by atoms with Crippen LogP contribution in [-0.4, -0.2) is 49.5 Å². The maximum atomic E-state index is 11.6. The highest BCUT2D eigenvalue weighted by atomic mass is 16.4. The first-order valence-corrected chi connectivity index (χ1v) is 9.12. The van der Waals surface area contributed by atoms with E-state index in [-0.39, 0.29) is 11.8 Å². The Labute approximate surface area is 146 Å². The predicted molar refractivity (Wildman–Crippen MR) is 96.2 cm³/mol. The minimum atomic E-state index is -0.641. The van der Waals surface area contributed by atoms with Gasteiger partial charge in [-0.1, -0.05) is 43.4 Å². The molecule has 0 amide bonds. The van der Waals surface area contributed by atoms with Crippen LogP contribution in [0.15, 0.2) is 24.3 Å². The van der Waals surface area contributed by atoms with Gasteiger partial charge in [-0.2, -0.15) is 0 Å². The van der Waals surface area contributed by atoms with E-state index in [0.29, 0.717) is 18.9 Å². The lowest BCUT2D eigenvalue weighted by atomic mass is 9.89. The number of carboxylic acids is 1. The highest BCUT2D eigenvalue weighted by Gasteiger charge is 2.37. The fourth-order valence-electron chi connectivity index (χ4n) is 4.19. The van der Waals surface area contributed by atoms with Crippen LogP contribution in [-0.2, 0) is 17.8 Å². The Kier molecular flexibility index (Phi) is 5.96. The SMILES string of the molecule is [B]CCCC[C@H]1CN(C[C@@H]2Cc3ccccc3CN2)C[C@H]1C(=O)O. The zero-order valence-electron chi connectivity index (χ0n) is 14.3. The number of carboxylic acid groups (broad SMARTS) is 1. The van der Waals surface area contributed by atoms with Gasteiger partial charge in [0.05, 0.1) is 13.8 Å². The maximum absolute atomic E-state index is 11.6. The second-order valence-corrected chi connectivity index (χ2v) is 7.26. The van der Waals surface area contributed by atoms with E-state index >= 15 is 0 Å². The molecule has 1 aromatic rings. The number of hydrogen-bond acceptors (Lipinski definition) is 3. The third-order valence-corrected chi connectivity index (χ3v) is 5.51. The number of unbranched alkanes of at least 4 members (excludes halogenated alkanes) is 1. The molecule has 2 radical (unpaired) electrons. The lowest BCUT2D eigenvalue weighted by molar-refractivity contribution is -0.142. The Morgan fingerprint density at radius 3 is 2.79 bits per heavy atom. The fraction of sp³-hybridized carbons (Fsp3) is 0.632. The van der Waals surface area contributed by atoms with Gasteiger partial charge in [0.25, 0.3) is 0 Å².